The molecule has 0 spiro atoms. The lowest BCUT2D eigenvalue weighted by Crippen LogP contribution is -2.19. The molecule has 1 aromatic heterocycles. The predicted molar refractivity (Wildman–Crippen MR) is 101 cm³/mol. The van der Waals surface area contributed by atoms with Crippen molar-refractivity contribution in [3.8, 4) is 0 Å². The van der Waals surface area contributed by atoms with Crippen molar-refractivity contribution in [2.45, 2.75) is 12.5 Å². The van der Waals surface area contributed by atoms with Crippen LogP contribution in [0.15, 0.2) is 88.6 Å². The molecule has 0 N–H and O–H groups in total. The number of benzene rings is 2. The summed E-state index contributed by atoms with van der Waals surface area (Å²) in [6.07, 6.45) is 2.69. The summed E-state index contributed by atoms with van der Waals surface area (Å²) in [5, 5.41) is 6.99. The number of hydrogen-bond acceptors (Lipinski definition) is 3. The minimum atomic E-state index is 0.114. The van der Waals surface area contributed by atoms with Gasteiger partial charge in [-0.3, -0.25) is 9.99 Å². The fraction of sp³-hybridized carbons (Fsp3) is 0.100. The van der Waals surface area contributed by atoms with Crippen molar-refractivity contribution < 1.29 is 0 Å². The first kappa shape index (κ1) is 15.1. The molecule has 2 heterocycles. The second-order valence-corrected chi connectivity index (χ2v) is 6.62. The zero-order valence-corrected chi connectivity index (χ0v) is 14.6. The number of rotatable bonds is 3. The Morgan fingerprint density at radius 3 is 2.33 bits per heavy atom. The SMILES string of the molecule is Brc1ccc(N2N=C(c3ccccc3)C[C@@H]2c2ccccn2)cc1. The second-order valence-electron chi connectivity index (χ2n) is 5.71. The van der Waals surface area contributed by atoms with Gasteiger partial charge >= 0.3 is 0 Å². The first-order valence-electron chi connectivity index (χ1n) is 7.90. The van der Waals surface area contributed by atoms with Crippen molar-refractivity contribution in [2.75, 3.05) is 5.01 Å². The van der Waals surface area contributed by atoms with E-state index in [1.165, 1.54) is 0 Å². The van der Waals surface area contributed by atoms with Gasteiger partial charge in [-0.15, -0.1) is 0 Å². The summed E-state index contributed by atoms with van der Waals surface area (Å²) >= 11 is 3.50. The van der Waals surface area contributed by atoms with Gasteiger partial charge in [-0.2, -0.15) is 5.10 Å². The number of hydrogen-bond donors (Lipinski definition) is 0. The van der Waals surface area contributed by atoms with E-state index in [4.69, 9.17) is 5.10 Å². The molecule has 0 unspecified atom stereocenters. The first-order valence-corrected chi connectivity index (χ1v) is 8.69. The highest BCUT2D eigenvalue weighted by Crippen LogP contribution is 2.36. The monoisotopic (exact) mass is 377 g/mol. The van der Waals surface area contributed by atoms with Gasteiger partial charge < -0.3 is 0 Å². The van der Waals surface area contributed by atoms with Crippen molar-refractivity contribution in [1.82, 2.24) is 4.98 Å². The Morgan fingerprint density at radius 1 is 0.875 bits per heavy atom. The number of halogens is 1. The van der Waals surface area contributed by atoms with Crippen LogP contribution in [0.4, 0.5) is 5.69 Å². The Kier molecular flexibility index (Phi) is 4.13. The highest BCUT2D eigenvalue weighted by molar-refractivity contribution is 9.10. The Labute approximate surface area is 149 Å². The molecule has 0 saturated carbocycles. The van der Waals surface area contributed by atoms with Gasteiger partial charge in [0, 0.05) is 17.1 Å². The first-order chi connectivity index (χ1) is 11.8. The Balaban J connectivity index is 1.75. The molecule has 24 heavy (non-hydrogen) atoms. The Morgan fingerprint density at radius 2 is 1.62 bits per heavy atom. The van der Waals surface area contributed by atoms with Gasteiger partial charge in [-0.25, -0.2) is 0 Å². The van der Waals surface area contributed by atoms with Gasteiger partial charge in [-0.05, 0) is 42.0 Å². The maximum absolute atomic E-state index is 4.91. The maximum atomic E-state index is 4.91. The van der Waals surface area contributed by atoms with E-state index in [2.05, 4.69) is 68.4 Å². The zero-order chi connectivity index (χ0) is 16.4. The van der Waals surface area contributed by atoms with E-state index in [1.54, 1.807) is 0 Å². The second kappa shape index (κ2) is 6.57. The Bertz CT molecular complexity index is 845. The van der Waals surface area contributed by atoms with Crippen molar-refractivity contribution in [3.05, 3.63) is 94.7 Å². The van der Waals surface area contributed by atoms with Crippen LogP contribution in [0.1, 0.15) is 23.7 Å². The van der Waals surface area contributed by atoms with E-state index < -0.39 is 0 Å². The normalized spacial score (nSPS) is 17.0. The van der Waals surface area contributed by atoms with Gasteiger partial charge in [0.1, 0.15) is 6.04 Å². The summed E-state index contributed by atoms with van der Waals surface area (Å²) in [6, 6.07) is 24.8. The molecule has 1 aliphatic rings. The molecule has 4 heteroatoms. The highest BCUT2D eigenvalue weighted by Gasteiger charge is 2.30. The summed E-state index contributed by atoms with van der Waals surface area (Å²) in [6.45, 7) is 0. The van der Waals surface area contributed by atoms with Crippen LogP contribution in [0.25, 0.3) is 0 Å². The fourth-order valence-electron chi connectivity index (χ4n) is 2.95. The molecular weight excluding hydrogens is 362 g/mol. The summed E-state index contributed by atoms with van der Waals surface area (Å²) in [5.74, 6) is 0. The molecule has 3 nitrogen and oxygen atoms in total. The average Bonchev–Trinajstić information content (AvgIpc) is 3.09. The number of aromatic nitrogens is 1. The molecule has 2 aromatic carbocycles. The van der Waals surface area contributed by atoms with Crippen LogP contribution in [0.2, 0.25) is 0 Å². The third kappa shape index (κ3) is 2.97. The van der Waals surface area contributed by atoms with Crippen LogP contribution in [0.5, 0.6) is 0 Å². The molecule has 0 amide bonds. The van der Waals surface area contributed by atoms with E-state index >= 15 is 0 Å². The molecule has 1 aliphatic heterocycles. The van der Waals surface area contributed by atoms with Crippen molar-refractivity contribution in [1.29, 1.82) is 0 Å². The molecule has 3 aromatic rings. The summed E-state index contributed by atoms with van der Waals surface area (Å²) in [5.41, 5.74) is 4.36. The minimum Gasteiger partial charge on any atom is -0.259 e. The van der Waals surface area contributed by atoms with Crippen LogP contribution < -0.4 is 5.01 Å². The molecule has 1 atom stereocenters. The lowest BCUT2D eigenvalue weighted by atomic mass is 10.0. The standard InChI is InChI=1S/C20H16BrN3/c21-16-9-11-17(12-10-16)24-20(18-8-4-5-13-22-18)14-19(23-24)15-6-2-1-3-7-15/h1-13,20H,14H2/t20-/m1/s1. The van der Waals surface area contributed by atoms with Crippen LogP contribution in [0, 0.1) is 0 Å². The summed E-state index contributed by atoms with van der Waals surface area (Å²) in [7, 11) is 0. The van der Waals surface area contributed by atoms with Crippen molar-refractivity contribution in [3.63, 3.8) is 0 Å². The molecule has 0 fully saturated rings. The number of nitrogens with zero attached hydrogens (tertiary/aromatic N) is 3. The molecule has 0 saturated heterocycles. The molecular formula is C20H16BrN3. The smallest absolute Gasteiger partial charge is 0.100 e. The van der Waals surface area contributed by atoms with Gasteiger partial charge in [0.2, 0.25) is 0 Å². The van der Waals surface area contributed by atoms with Crippen LogP contribution >= 0.6 is 15.9 Å². The molecule has 0 radical (unpaired) electrons. The van der Waals surface area contributed by atoms with Crippen molar-refractivity contribution >= 4 is 27.3 Å². The van der Waals surface area contributed by atoms with Gasteiger partial charge in [0.05, 0.1) is 17.1 Å². The van der Waals surface area contributed by atoms with E-state index in [1.807, 2.05) is 36.5 Å². The number of hydrazone groups is 1. The topological polar surface area (TPSA) is 28.5 Å². The van der Waals surface area contributed by atoms with Gasteiger partial charge in [0.25, 0.3) is 0 Å². The molecule has 4 rings (SSSR count). The minimum absolute atomic E-state index is 0.114. The molecule has 0 aliphatic carbocycles. The van der Waals surface area contributed by atoms with Crippen LogP contribution in [-0.4, -0.2) is 10.7 Å². The fourth-order valence-corrected chi connectivity index (χ4v) is 3.22. The predicted octanol–water partition coefficient (Wildman–Crippen LogP) is 5.20. The van der Waals surface area contributed by atoms with Gasteiger partial charge in [-0.1, -0.05) is 52.3 Å². The van der Waals surface area contributed by atoms with Crippen LogP contribution in [-0.2, 0) is 0 Å². The van der Waals surface area contributed by atoms with E-state index in [-0.39, 0.29) is 6.04 Å². The highest BCUT2D eigenvalue weighted by atomic mass is 79.9. The zero-order valence-electron chi connectivity index (χ0n) is 13.0. The third-order valence-corrected chi connectivity index (χ3v) is 4.67. The van der Waals surface area contributed by atoms with Crippen LogP contribution in [0.3, 0.4) is 0 Å². The summed E-state index contributed by atoms with van der Waals surface area (Å²) < 4.78 is 1.06. The number of pyridine rings is 1. The molecule has 0 bridgehead atoms. The third-order valence-electron chi connectivity index (χ3n) is 4.14. The Hall–Kier alpha value is -2.46. The van der Waals surface area contributed by atoms with E-state index in [9.17, 15) is 0 Å². The number of anilines is 1. The molecule has 118 valence electrons. The van der Waals surface area contributed by atoms with Crippen molar-refractivity contribution in [2.24, 2.45) is 5.10 Å². The van der Waals surface area contributed by atoms with Gasteiger partial charge in [0.15, 0.2) is 0 Å². The largest absolute Gasteiger partial charge is 0.259 e. The maximum Gasteiger partial charge on any atom is 0.100 e. The summed E-state index contributed by atoms with van der Waals surface area (Å²) in [4.78, 5) is 4.56. The van der Waals surface area contributed by atoms with E-state index in [0.717, 1.165) is 33.5 Å². The average molecular weight is 378 g/mol. The lowest BCUT2D eigenvalue weighted by molar-refractivity contribution is 0.686. The lowest BCUT2D eigenvalue weighted by Gasteiger charge is -2.23. The van der Waals surface area contributed by atoms with E-state index in [0.29, 0.717) is 0 Å². The quantitative estimate of drug-likeness (QED) is 0.627.